The minimum Gasteiger partial charge on any atom is -0.103 e. The van der Waals surface area contributed by atoms with Gasteiger partial charge in [-0.1, -0.05) is 44.2 Å². The number of allylic oxidation sites excluding steroid dienone is 1. The topological polar surface area (TPSA) is 0 Å². The molecule has 0 aliphatic heterocycles. The molecule has 0 aliphatic carbocycles. The first-order chi connectivity index (χ1) is 5.75. The summed E-state index contributed by atoms with van der Waals surface area (Å²) in [6, 6.07) is 8.47. The van der Waals surface area contributed by atoms with E-state index in [-0.39, 0.29) is 0 Å². The number of benzene rings is 1. The summed E-state index contributed by atoms with van der Waals surface area (Å²) in [7, 11) is 0. The van der Waals surface area contributed by atoms with Crippen molar-refractivity contribution in [3.05, 3.63) is 54.0 Å². The third-order valence-electron chi connectivity index (χ3n) is 1.92. The molecule has 0 saturated carbocycles. The molecule has 1 aromatic rings. The average molecular weight is 159 g/mol. The molecule has 0 N–H and O–H groups in total. The Morgan fingerprint density at radius 3 is 2.58 bits per heavy atom. The highest BCUT2D eigenvalue weighted by atomic mass is 14.1. The first-order valence-corrected chi connectivity index (χ1v) is 4.25. The number of hydrogen-bond acceptors (Lipinski definition) is 0. The van der Waals surface area contributed by atoms with Gasteiger partial charge in [-0.3, -0.25) is 0 Å². The Morgan fingerprint density at radius 2 is 2.00 bits per heavy atom. The summed E-state index contributed by atoms with van der Waals surface area (Å²) in [6.45, 7) is 8.03. The van der Waals surface area contributed by atoms with E-state index < -0.39 is 0 Å². The van der Waals surface area contributed by atoms with Crippen LogP contribution in [-0.2, 0) is 6.42 Å². The zero-order valence-corrected chi connectivity index (χ0v) is 7.80. The molecule has 0 aromatic heterocycles. The second-order valence-electron chi connectivity index (χ2n) is 3.15. The van der Waals surface area contributed by atoms with Gasteiger partial charge in [-0.15, -0.1) is 6.58 Å². The van der Waals surface area contributed by atoms with Gasteiger partial charge in [0, 0.05) is 0 Å². The van der Waals surface area contributed by atoms with E-state index in [1.165, 1.54) is 17.0 Å². The van der Waals surface area contributed by atoms with Crippen LogP contribution in [0.1, 0.15) is 25.0 Å². The van der Waals surface area contributed by atoms with E-state index in [0.29, 0.717) is 0 Å². The molecule has 1 aromatic carbocycles. The minimum absolute atomic E-state index is 0.960. The standard InChI is InChI=1S/C12H15/c1-4-7-11-8-5-6-9-12(11)10(2)3/h4-6,8-9H,1,7H2,2-3H3. The van der Waals surface area contributed by atoms with Gasteiger partial charge in [0.05, 0.1) is 0 Å². The first kappa shape index (κ1) is 9.05. The van der Waals surface area contributed by atoms with Gasteiger partial charge in [0.25, 0.3) is 0 Å². The van der Waals surface area contributed by atoms with E-state index in [1.807, 2.05) is 6.08 Å². The highest BCUT2D eigenvalue weighted by Gasteiger charge is 2.03. The molecule has 1 rings (SSSR count). The van der Waals surface area contributed by atoms with Crippen LogP contribution in [0, 0.1) is 5.92 Å². The van der Waals surface area contributed by atoms with E-state index >= 15 is 0 Å². The lowest BCUT2D eigenvalue weighted by Gasteiger charge is -2.09. The van der Waals surface area contributed by atoms with Crippen molar-refractivity contribution < 1.29 is 0 Å². The van der Waals surface area contributed by atoms with Crippen molar-refractivity contribution in [3.8, 4) is 0 Å². The van der Waals surface area contributed by atoms with E-state index in [0.717, 1.165) is 6.42 Å². The SMILES string of the molecule is C=CCc1ccccc1[C](C)C. The third kappa shape index (κ3) is 1.97. The second-order valence-corrected chi connectivity index (χ2v) is 3.15. The molecule has 0 spiro atoms. The van der Waals surface area contributed by atoms with Crippen LogP contribution in [0.5, 0.6) is 0 Å². The van der Waals surface area contributed by atoms with Crippen LogP contribution >= 0.6 is 0 Å². The van der Waals surface area contributed by atoms with Crippen molar-refractivity contribution in [1.82, 2.24) is 0 Å². The number of rotatable bonds is 3. The quantitative estimate of drug-likeness (QED) is 0.593. The molecule has 0 aliphatic rings. The maximum absolute atomic E-state index is 3.75. The van der Waals surface area contributed by atoms with Crippen molar-refractivity contribution in [1.29, 1.82) is 0 Å². The summed E-state index contributed by atoms with van der Waals surface area (Å²) in [5, 5.41) is 0. The highest BCUT2D eigenvalue weighted by molar-refractivity contribution is 5.37. The van der Waals surface area contributed by atoms with Gasteiger partial charge in [0.1, 0.15) is 0 Å². The van der Waals surface area contributed by atoms with Crippen molar-refractivity contribution in [2.24, 2.45) is 0 Å². The summed E-state index contributed by atoms with van der Waals surface area (Å²) >= 11 is 0. The largest absolute Gasteiger partial charge is 0.103 e. The zero-order chi connectivity index (χ0) is 8.97. The smallest absolute Gasteiger partial charge is 0.000911 e. The Kier molecular flexibility index (Phi) is 3.09. The lowest BCUT2D eigenvalue weighted by Crippen LogP contribution is -1.94. The molecule has 0 amide bonds. The molecule has 0 fully saturated rings. The highest BCUT2D eigenvalue weighted by Crippen LogP contribution is 2.18. The third-order valence-corrected chi connectivity index (χ3v) is 1.92. The Morgan fingerprint density at radius 1 is 1.33 bits per heavy atom. The van der Waals surface area contributed by atoms with Gasteiger partial charge in [-0.2, -0.15) is 0 Å². The fourth-order valence-electron chi connectivity index (χ4n) is 1.34. The molecular weight excluding hydrogens is 144 g/mol. The Balaban J connectivity index is 2.99. The molecule has 0 atom stereocenters. The lowest BCUT2D eigenvalue weighted by atomic mass is 9.95. The van der Waals surface area contributed by atoms with Crippen LogP contribution in [0.25, 0.3) is 0 Å². The van der Waals surface area contributed by atoms with Crippen LogP contribution in [-0.4, -0.2) is 0 Å². The normalized spacial score (nSPS) is 10.2. The summed E-state index contributed by atoms with van der Waals surface area (Å²) in [5.41, 5.74) is 2.73. The minimum atomic E-state index is 0.960. The van der Waals surface area contributed by atoms with Crippen molar-refractivity contribution in [2.75, 3.05) is 0 Å². The molecule has 63 valence electrons. The first-order valence-electron chi connectivity index (χ1n) is 4.25. The second kappa shape index (κ2) is 4.10. The molecule has 0 saturated heterocycles. The van der Waals surface area contributed by atoms with Crippen molar-refractivity contribution in [3.63, 3.8) is 0 Å². The Labute approximate surface area is 74.9 Å². The van der Waals surface area contributed by atoms with Gasteiger partial charge >= 0.3 is 0 Å². The maximum atomic E-state index is 3.75. The van der Waals surface area contributed by atoms with Crippen LogP contribution < -0.4 is 0 Å². The average Bonchev–Trinajstić information content (AvgIpc) is 2.05. The van der Waals surface area contributed by atoms with Gasteiger partial charge in [0.2, 0.25) is 0 Å². The van der Waals surface area contributed by atoms with Crippen LogP contribution in [0.3, 0.4) is 0 Å². The fourth-order valence-corrected chi connectivity index (χ4v) is 1.34. The monoisotopic (exact) mass is 159 g/mol. The predicted molar refractivity (Wildman–Crippen MR) is 54.0 cm³/mol. The number of hydrogen-bond donors (Lipinski definition) is 0. The summed E-state index contributed by atoms with van der Waals surface area (Å²) < 4.78 is 0. The van der Waals surface area contributed by atoms with Crippen LogP contribution in [0.15, 0.2) is 36.9 Å². The van der Waals surface area contributed by atoms with Crippen LogP contribution in [0.2, 0.25) is 0 Å². The molecule has 0 heterocycles. The molecule has 0 bridgehead atoms. The Bertz CT molecular complexity index is 258. The molecule has 0 unspecified atom stereocenters. The van der Waals surface area contributed by atoms with E-state index in [4.69, 9.17) is 0 Å². The van der Waals surface area contributed by atoms with Crippen molar-refractivity contribution >= 4 is 0 Å². The molecule has 1 radical (unpaired) electrons. The fraction of sp³-hybridized carbons (Fsp3) is 0.250. The van der Waals surface area contributed by atoms with Crippen LogP contribution in [0.4, 0.5) is 0 Å². The van der Waals surface area contributed by atoms with E-state index in [1.54, 1.807) is 0 Å². The van der Waals surface area contributed by atoms with E-state index in [2.05, 4.69) is 44.7 Å². The van der Waals surface area contributed by atoms with Gasteiger partial charge in [0.15, 0.2) is 0 Å². The van der Waals surface area contributed by atoms with Gasteiger partial charge in [-0.25, -0.2) is 0 Å². The van der Waals surface area contributed by atoms with E-state index in [9.17, 15) is 0 Å². The predicted octanol–water partition coefficient (Wildman–Crippen LogP) is 3.38. The van der Waals surface area contributed by atoms with Gasteiger partial charge < -0.3 is 0 Å². The molecular formula is C12H15. The zero-order valence-electron chi connectivity index (χ0n) is 7.80. The summed E-state index contributed by atoms with van der Waals surface area (Å²) in [5.74, 6) is 1.37. The van der Waals surface area contributed by atoms with Crippen molar-refractivity contribution in [2.45, 2.75) is 20.3 Å². The maximum Gasteiger partial charge on any atom is -0.000911 e. The molecule has 0 heteroatoms. The summed E-state index contributed by atoms with van der Waals surface area (Å²) in [4.78, 5) is 0. The summed E-state index contributed by atoms with van der Waals surface area (Å²) in [6.07, 6.45) is 2.91. The van der Waals surface area contributed by atoms with Gasteiger partial charge in [-0.05, 0) is 23.5 Å². The molecule has 0 nitrogen and oxygen atoms in total. The molecule has 12 heavy (non-hydrogen) atoms. The Hall–Kier alpha value is -1.04. The lowest BCUT2D eigenvalue weighted by molar-refractivity contribution is 1.09.